The van der Waals surface area contributed by atoms with Crippen molar-refractivity contribution in [3.63, 3.8) is 0 Å². The molecular weight excluding hydrogens is 416 g/mol. The first kappa shape index (κ1) is 24.5. The maximum absolute atomic E-state index is 12.3. The van der Waals surface area contributed by atoms with E-state index in [0.29, 0.717) is 18.4 Å². The zero-order chi connectivity index (χ0) is 23.8. The fraction of sp³-hybridized carbons (Fsp3) is 0.520. The number of amides is 2. The van der Waals surface area contributed by atoms with Crippen LogP contribution in [0.4, 0.5) is 5.69 Å². The van der Waals surface area contributed by atoms with Gasteiger partial charge in [0, 0.05) is 51.4 Å². The van der Waals surface area contributed by atoms with E-state index in [0.717, 1.165) is 63.2 Å². The number of carbonyl (C=O) groups excluding carboxylic acids is 2. The first-order chi connectivity index (χ1) is 16.0. The maximum Gasteiger partial charge on any atom is 0.269 e. The highest BCUT2D eigenvalue weighted by atomic mass is 16.2. The molecule has 2 fully saturated rings. The summed E-state index contributed by atoms with van der Waals surface area (Å²) < 4.78 is 0. The third-order valence-corrected chi connectivity index (χ3v) is 6.67. The van der Waals surface area contributed by atoms with Crippen LogP contribution in [-0.4, -0.2) is 67.5 Å². The highest BCUT2D eigenvalue weighted by molar-refractivity contribution is 5.93. The van der Waals surface area contributed by atoms with E-state index in [4.69, 9.17) is 0 Å². The van der Waals surface area contributed by atoms with E-state index >= 15 is 0 Å². The lowest BCUT2D eigenvalue weighted by Crippen LogP contribution is -2.50. The molecule has 33 heavy (non-hydrogen) atoms. The number of nitrogens with zero attached hydrogens (tertiary/aromatic N) is 4. The Kier molecular flexibility index (Phi) is 8.61. The molecule has 2 atom stereocenters. The number of carbonyl (C=O) groups is 2. The largest absolute Gasteiger partial charge is 0.367 e. The monoisotopic (exact) mass is 450 g/mol. The Hall–Kier alpha value is -3.18. The van der Waals surface area contributed by atoms with Crippen LogP contribution in [0.3, 0.4) is 0 Å². The molecule has 1 aliphatic heterocycles. The van der Waals surface area contributed by atoms with Crippen LogP contribution < -0.4 is 15.5 Å². The lowest BCUT2D eigenvalue weighted by Gasteiger charge is -2.39. The normalized spacial score (nSPS) is 21.4. The molecule has 1 saturated heterocycles. The van der Waals surface area contributed by atoms with Crippen LogP contribution in [0.2, 0.25) is 0 Å². The number of aromatic nitrogens is 1. The Morgan fingerprint density at radius 1 is 1.27 bits per heavy atom. The molecule has 1 aromatic rings. The van der Waals surface area contributed by atoms with E-state index in [2.05, 4.69) is 38.1 Å². The van der Waals surface area contributed by atoms with Crippen LogP contribution in [0.1, 0.15) is 48.8 Å². The smallest absolute Gasteiger partial charge is 0.269 e. The minimum Gasteiger partial charge on any atom is -0.367 e. The molecule has 2 aliphatic rings. The molecule has 8 heteroatoms. The van der Waals surface area contributed by atoms with Crippen molar-refractivity contribution >= 4 is 17.5 Å². The van der Waals surface area contributed by atoms with Gasteiger partial charge in [-0.2, -0.15) is 5.26 Å². The first-order valence-corrected chi connectivity index (χ1v) is 11.7. The number of nitrogens with one attached hydrogen (secondary N) is 2. The van der Waals surface area contributed by atoms with Gasteiger partial charge in [-0.1, -0.05) is 25.7 Å². The van der Waals surface area contributed by atoms with Crippen molar-refractivity contribution in [1.29, 1.82) is 5.26 Å². The fourth-order valence-electron chi connectivity index (χ4n) is 4.78. The van der Waals surface area contributed by atoms with Gasteiger partial charge >= 0.3 is 0 Å². The maximum atomic E-state index is 12.3. The van der Waals surface area contributed by atoms with Crippen molar-refractivity contribution in [2.75, 3.05) is 44.7 Å². The van der Waals surface area contributed by atoms with E-state index in [9.17, 15) is 14.9 Å². The second kappa shape index (κ2) is 11.6. The van der Waals surface area contributed by atoms with Gasteiger partial charge in [0.2, 0.25) is 5.91 Å². The second-order valence-electron chi connectivity index (χ2n) is 8.60. The van der Waals surface area contributed by atoms with Crippen LogP contribution >= 0.6 is 0 Å². The van der Waals surface area contributed by atoms with Crippen LogP contribution in [-0.2, 0) is 4.79 Å². The molecule has 176 valence electrons. The van der Waals surface area contributed by atoms with Crippen LogP contribution in [0.5, 0.6) is 0 Å². The minimum atomic E-state index is -0.294. The van der Waals surface area contributed by atoms with Gasteiger partial charge in [-0.15, -0.1) is 0 Å². The van der Waals surface area contributed by atoms with Crippen molar-refractivity contribution in [2.24, 2.45) is 5.92 Å². The highest BCUT2D eigenvalue weighted by Crippen LogP contribution is 2.30. The molecule has 2 N–H and O–H groups in total. The van der Waals surface area contributed by atoms with Crippen LogP contribution in [0.25, 0.3) is 0 Å². The number of piperazine rings is 1. The summed E-state index contributed by atoms with van der Waals surface area (Å²) in [6.07, 6.45) is 7.52. The molecule has 1 aromatic heterocycles. The number of hydrogen-bond donors (Lipinski definition) is 2. The van der Waals surface area contributed by atoms with Gasteiger partial charge in [0.25, 0.3) is 5.91 Å². The van der Waals surface area contributed by atoms with Gasteiger partial charge in [-0.25, -0.2) is 4.98 Å². The Morgan fingerprint density at radius 3 is 2.67 bits per heavy atom. The number of pyridine rings is 1. The Bertz CT molecular complexity index is 943. The third-order valence-electron chi connectivity index (χ3n) is 6.67. The fourth-order valence-corrected chi connectivity index (χ4v) is 4.78. The van der Waals surface area contributed by atoms with Crippen molar-refractivity contribution in [1.82, 2.24) is 20.5 Å². The lowest BCUT2D eigenvalue weighted by molar-refractivity contribution is -0.117. The molecule has 1 aliphatic carbocycles. The molecular formula is C25H34N6O2. The standard InChI is InChI=1S/C25H34N6O2/c1-4-6-19(5-2)24(32)28-17-18-7-8-20(15-18)30-11-13-31(14-12-30)23-10-9-21(25(33)27-3)29-22(23)16-26/h4,6,9-10,18,20H,1,5,7-8,11-15,17H2,2-3H3,(H,27,33)(H,28,32)/b19-6-/t18-,20+/m1/s1. The van der Waals surface area contributed by atoms with Crippen molar-refractivity contribution in [3.05, 3.63) is 47.8 Å². The average molecular weight is 451 g/mol. The molecule has 0 radical (unpaired) electrons. The lowest BCUT2D eigenvalue weighted by atomic mass is 10.1. The van der Waals surface area contributed by atoms with E-state index in [1.807, 2.05) is 13.0 Å². The summed E-state index contributed by atoms with van der Waals surface area (Å²) in [5.41, 5.74) is 2.10. The zero-order valence-electron chi connectivity index (χ0n) is 19.6. The molecule has 2 heterocycles. The third kappa shape index (κ3) is 5.99. The molecule has 8 nitrogen and oxygen atoms in total. The minimum absolute atomic E-state index is 0.0128. The predicted molar refractivity (Wildman–Crippen MR) is 129 cm³/mol. The van der Waals surface area contributed by atoms with Gasteiger partial charge in [-0.05, 0) is 43.7 Å². The molecule has 0 unspecified atom stereocenters. The van der Waals surface area contributed by atoms with Gasteiger partial charge in [0.15, 0.2) is 5.69 Å². The van der Waals surface area contributed by atoms with Gasteiger partial charge < -0.3 is 15.5 Å². The Morgan fingerprint density at radius 2 is 2.03 bits per heavy atom. The van der Waals surface area contributed by atoms with E-state index in [1.54, 1.807) is 25.3 Å². The number of rotatable bonds is 8. The Balaban J connectivity index is 1.50. The molecule has 0 bridgehead atoms. The summed E-state index contributed by atoms with van der Waals surface area (Å²) in [5.74, 6) is 0.224. The van der Waals surface area contributed by atoms with Gasteiger partial charge in [0.1, 0.15) is 11.8 Å². The van der Waals surface area contributed by atoms with E-state index in [-0.39, 0.29) is 23.2 Å². The number of hydrogen-bond acceptors (Lipinski definition) is 6. The number of nitriles is 1. The zero-order valence-corrected chi connectivity index (χ0v) is 19.6. The number of anilines is 1. The summed E-state index contributed by atoms with van der Waals surface area (Å²) in [7, 11) is 1.55. The second-order valence-corrected chi connectivity index (χ2v) is 8.60. The van der Waals surface area contributed by atoms with E-state index < -0.39 is 0 Å². The topological polar surface area (TPSA) is 101 Å². The van der Waals surface area contributed by atoms with Crippen molar-refractivity contribution < 1.29 is 9.59 Å². The molecule has 3 rings (SSSR count). The molecule has 1 saturated carbocycles. The van der Waals surface area contributed by atoms with E-state index in [1.165, 1.54) is 0 Å². The Labute approximate surface area is 196 Å². The summed E-state index contributed by atoms with van der Waals surface area (Å²) in [5, 5.41) is 15.2. The first-order valence-electron chi connectivity index (χ1n) is 11.7. The van der Waals surface area contributed by atoms with Crippen LogP contribution in [0, 0.1) is 17.2 Å². The molecule has 0 spiro atoms. The quantitative estimate of drug-likeness (QED) is 0.465. The van der Waals surface area contributed by atoms with Crippen LogP contribution in [0.15, 0.2) is 36.4 Å². The highest BCUT2D eigenvalue weighted by Gasteiger charge is 2.32. The molecule has 2 amide bonds. The van der Waals surface area contributed by atoms with Gasteiger partial charge in [-0.3, -0.25) is 14.5 Å². The summed E-state index contributed by atoms with van der Waals surface area (Å²) >= 11 is 0. The average Bonchev–Trinajstić information content (AvgIpc) is 3.34. The predicted octanol–water partition coefficient (Wildman–Crippen LogP) is 2.24. The summed E-state index contributed by atoms with van der Waals surface area (Å²) in [6, 6.07) is 6.17. The molecule has 0 aromatic carbocycles. The van der Waals surface area contributed by atoms with Gasteiger partial charge in [0.05, 0.1) is 5.69 Å². The van der Waals surface area contributed by atoms with Crippen molar-refractivity contribution in [3.8, 4) is 6.07 Å². The summed E-state index contributed by atoms with van der Waals surface area (Å²) in [4.78, 5) is 33.1. The van der Waals surface area contributed by atoms with Crippen molar-refractivity contribution in [2.45, 2.75) is 38.6 Å². The summed E-state index contributed by atoms with van der Waals surface area (Å²) in [6.45, 7) is 9.86. The number of allylic oxidation sites excluding steroid dienone is 2. The SMILES string of the molecule is C=C/C=C(/CC)C(=O)NC[C@@H]1CC[C@H](N2CCN(c3ccc(C(=O)NC)nc3C#N)CC2)C1.